The average molecular weight is 343 g/mol. The van der Waals surface area contributed by atoms with E-state index in [1.54, 1.807) is 12.1 Å². The van der Waals surface area contributed by atoms with E-state index in [1.165, 1.54) is 12.1 Å². The third-order valence-electron chi connectivity index (χ3n) is 4.94. The number of benzene rings is 1. The molecule has 0 bridgehead atoms. The predicted molar refractivity (Wildman–Crippen MR) is 95.5 cm³/mol. The van der Waals surface area contributed by atoms with Crippen molar-refractivity contribution >= 4 is 0 Å². The summed E-state index contributed by atoms with van der Waals surface area (Å²) in [7, 11) is 0. The van der Waals surface area contributed by atoms with Crippen LogP contribution in [0.15, 0.2) is 36.7 Å². The van der Waals surface area contributed by atoms with Gasteiger partial charge in [0.15, 0.2) is 0 Å². The van der Waals surface area contributed by atoms with E-state index in [0.717, 1.165) is 43.0 Å². The smallest absolute Gasteiger partial charge is 0.130 e. The Hall–Kier alpha value is -1.85. The highest BCUT2D eigenvalue weighted by atomic mass is 19.1. The van der Waals surface area contributed by atoms with Crippen LogP contribution in [-0.4, -0.2) is 33.1 Å². The van der Waals surface area contributed by atoms with Crippen molar-refractivity contribution in [2.24, 2.45) is 0 Å². The van der Waals surface area contributed by atoms with Crippen molar-refractivity contribution in [2.45, 2.75) is 51.2 Å². The summed E-state index contributed by atoms with van der Waals surface area (Å²) in [6, 6.07) is 6.24. The Kier molecular flexibility index (Phi) is 5.45. The van der Waals surface area contributed by atoms with Gasteiger partial charge in [-0.3, -0.25) is 4.90 Å². The molecular weight excluding hydrogens is 317 g/mol. The molecule has 1 fully saturated rings. The van der Waals surface area contributed by atoms with Crippen LogP contribution in [0.5, 0.6) is 0 Å². The second kappa shape index (κ2) is 7.58. The van der Waals surface area contributed by atoms with Gasteiger partial charge in [-0.1, -0.05) is 26.0 Å². The molecule has 2 aromatic rings. The fraction of sp³-hybridized carbons (Fsp3) is 0.500. The standard InChI is InChI=1S/C20H26FN3O/c1-15(2)19-22-12-16(13-23-19)14-24-10-3-8-20(25,9-11-24)17-4-6-18(21)7-5-17/h4-7,12-13,15,25H,3,8-11,14H2,1-2H3/t20-/m0/s1. The molecule has 0 unspecified atom stereocenters. The summed E-state index contributed by atoms with van der Waals surface area (Å²) in [4.78, 5) is 11.2. The molecule has 1 aliphatic rings. The summed E-state index contributed by atoms with van der Waals surface area (Å²) >= 11 is 0. The summed E-state index contributed by atoms with van der Waals surface area (Å²) in [5.74, 6) is 0.927. The van der Waals surface area contributed by atoms with Crippen molar-refractivity contribution in [2.75, 3.05) is 13.1 Å². The SMILES string of the molecule is CC(C)c1ncc(CN2CCC[C@@](O)(c3ccc(F)cc3)CC2)cn1. The topological polar surface area (TPSA) is 49.2 Å². The van der Waals surface area contributed by atoms with Gasteiger partial charge in [-0.25, -0.2) is 14.4 Å². The monoisotopic (exact) mass is 343 g/mol. The van der Waals surface area contributed by atoms with E-state index < -0.39 is 5.60 Å². The Bertz CT molecular complexity index is 687. The molecule has 0 saturated carbocycles. The normalized spacial score (nSPS) is 22.1. The second-order valence-corrected chi connectivity index (χ2v) is 7.27. The minimum atomic E-state index is -0.875. The summed E-state index contributed by atoms with van der Waals surface area (Å²) in [5.41, 5.74) is 1.03. The number of likely N-dealkylation sites (tertiary alicyclic amines) is 1. The number of halogens is 1. The molecule has 25 heavy (non-hydrogen) atoms. The lowest BCUT2D eigenvalue weighted by molar-refractivity contribution is 0.0209. The minimum Gasteiger partial charge on any atom is -0.385 e. The van der Waals surface area contributed by atoms with Crippen molar-refractivity contribution in [3.63, 3.8) is 0 Å². The summed E-state index contributed by atoms with van der Waals surface area (Å²) in [5, 5.41) is 11.0. The van der Waals surface area contributed by atoms with Gasteiger partial charge in [-0.2, -0.15) is 0 Å². The van der Waals surface area contributed by atoms with Crippen molar-refractivity contribution in [1.82, 2.24) is 14.9 Å². The summed E-state index contributed by atoms with van der Waals surface area (Å²) in [6.45, 7) is 6.67. The highest BCUT2D eigenvalue weighted by molar-refractivity contribution is 5.23. The fourth-order valence-electron chi connectivity index (χ4n) is 3.38. The third-order valence-corrected chi connectivity index (χ3v) is 4.94. The number of rotatable bonds is 4. The van der Waals surface area contributed by atoms with Crippen molar-refractivity contribution in [3.8, 4) is 0 Å². The van der Waals surface area contributed by atoms with Gasteiger partial charge in [0.05, 0.1) is 5.60 Å². The van der Waals surface area contributed by atoms with Gasteiger partial charge in [-0.05, 0) is 43.5 Å². The van der Waals surface area contributed by atoms with E-state index in [9.17, 15) is 9.50 Å². The van der Waals surface area contributed by atoms with Crippen LogP contribution < -0.4 is 0 Å². The van der Waals surface area contributed by atoms with Crippen LogP contribution in [0.3, 0.4) is 0 Å². The van der Waals surface area contributed by atoms with Crippen molar-refractivity contribution in [3.05, 3.63) is 59.4 Å². The Morgan fingerprint density at radius 2 is 1.80 bits per heavy atom. The maximum absolute atomic E-state index is 13.1. The van der Waals surface area contributed by atoms with Crippen LogP contribution in [0.2, 0.25) is 0 Å². The first-order valence-electron chi connectivity index (χ1n) is 8.98. The fourth-order valence-corrected chi connectivity index (χ4v) is 3.38. The van der Waals surface area contributed by atoms with Crippen LogP contribution in [0.25, 0.3) is 0 Å². The molecule has 3 rings (SSSR count). The van der Waals surface area contributed by atoms with Gasteiger partial charge >= 0.3 is 0 Å². The van der Waals surface area contributed by atoms with Crippen molar-refractivity contribution < 1.29 is 9.50 Å². The summed E-state index contributed by atoms with van der Waals surface area (Å²) < 4.78 is 13.1. The Labute approximate surface area is 148 Å². The van der Waals surface area contributed by atoms with Gasteiger partial charge < -0.3 is 5.11 Å². The second-order valence-electron chi connectivity index (χ2n) is 7.27. The number of aromatic nitrogens is 2. The van der Waals surface area contributed by atoms with Crippen LogP contribution in [0, 0.1) is 5.82 Å². The van der Waals surface area contributed by atoms with Gasteiger partial charge in [0.1, 0.15) is 11.6 Å². The van der Waals surface area contributed by atoms with Gasteiger partial charge in [0, 0.05) is 37.0 Å². The lowest BCUT2D eigenvalue weighted by atomic mass is 9.87. The molecule has 0 aliphatic carbocycles. The maximum atomic E-state index is 13.1. The van der Waals surface area contributed by atoms with Crippen molar-refractivity contribution in [1.29, 1.82) is 0 Å². The highest BCUT2D eigenvalue weighted by Crippen LogP contribution is 2.33. The summed E-state index contributed by atoms with van der Waals surface area (Å²) in [6.07, 6.45) is 6.04. The zero-order valence-corrected chi connectivity index (χ0v) is 15.0. The molecule has 5 heteroatoms. The Balaban J connectivity index is 1.64. The molecule has 1 saturated heterocycles. The molecule has 134 valence electrons. The molecule has 0 radical (unpaired) electrons. The van der Waals surface area contributed by atoms with Crippen LogP contribution in [0.4, 0.5) is 4.39 Å². The van der Waals surface area contributed by atoms with E-state index in [-0.39, 0.29) is 5.82 Å². The molecule has 2 heterocycles. The first-order chi connectivity index (χ1) is 12.0. The zero-order chi connectivity index (χ0) is 17.9. The van der Waals surface area contributed by atoms with E-state index in [2.05, 4.69) is 28.7 Å². The van der Waals surface area contributed by atoms with Crippen LogP contribution in [-0.2, 0) is 12.1 Å². The molecule has 1 atom stereocenters. The molecule has 0 spiro atoms. The van der Waals surface area contributed by atoms with E-state index in [1.807, 2.05) is 12.4 Å². The van der Waals surface area contributed by atoms with E-state index in [4.69, 9.17) is 0 Å². The van der Waals surface area contributed by atoms with Crippen LogP contribution >= 0.6 is 0 Å². The Morgan fingerprint density at radius 1 is 1.12 bits per heavy atom. The first kappa shape index (κ1) is 18.0. The van der Waals surface area contributed by atoms with E-state index >= 15 is 0 Å². The molecule has 1 N–H and O–H groups in total. The lowest BCUT2D eigenvalue weighted by Crippen LogP contribution is -2.29. The number of aliphatic hydroxyl groups is 1. The number of hydrogen-bond acceptors (Lipinski definition) is 4. The molecule has 0 amide bonds. The maximum Gasteiger partial charge on any atom is 0.130 e. The molecule has 1 aliphatic heterocycles. The largest absolute Gasteiger partial charge is 0.385 e. The third kappa shape index (κ3) is 4.41. The lowest BCUT2D eigenvalue weighted by Gasteiger charge is -2.27. The Morgan fingerprint density at radius 3 is 2.44 bits per heavy atom. The number of nitrogens with zero attached hydrogens (tertiary/aromatic N) is 3. The zero-order valence-electron chi connectivity index (χ0n) is 15.0. The van der Waals surface area contributed by atoms with Gasteiger partial charge in [0.2, 0.25) is 0 Å². The molecular formula is C20H26FN3O. The van der Waals surface area contributed by atoms with E-state index in [0.29, 0.717) is 18.8 Å². The minimum absolute atomic E-state index is 0.271. The van der Waals surface area contributed by atoms with Gasteiger partial charge in [-0.15, -0.1) is 0 Å². The molecule has 4 nitrogen and oxygen atoms in total. The van der Waals surface area contributed by atoms with Gasteiger partial charge in [0.25, 0.3) is 0 Å². The number of hydrogen-bond donors (Lipinski definition) is 1. The molecule has 1 aromatic heterocycles. The molecule has 1 aromatic carbocycles. The predicted octanol–water partition coefficient (Wildman–Crippen LogP) is 3.61. The first-order valence-corrected chi connectivity index (χ1v) is 8.98. The highest BCUT2D eigenvalue weighted by Gasteiger charge is 2.31. The average Bonchev–Trinajstić information content (AvgIpc) is 2.79. The van der Waals surface area contributed by atoms with Crippen LogP contribution in [0.1, 0.15) is 56.0 Å². The quantitative estimate of drug-likeness (QED) is 0.921.